The van der Waals surface area contributed by atoms with Crippen LogP contribution >= 0.6 is 9.47 Å². The normalized spacial score (nSPS) is 23.3. The molecule has 1 heterocycles. The van der Waals surface area contributed by atoms with E-state index in [1.807, 2.05) is 0 Å². The molecule has 1 unspecified atom stereocenters. The molecule has 0 aromatic rings. The molecule has 2 atom stereocenters. The lowest BCUT2D eigenvalue weighted by Crippen LogP contribution is -2.49. The van der Waals surface area contributed by atoms with Crippen molar-refractivity contribution in [1.82, 2.24) is 9.80 Å². The largest absolute Gasteiger partial charge is 0.364 e. The summed E-state index contributed by atoms with van der Waals surface area (Å²) in [5.41, 5.74) is 5.86. The van der Waals surface area contributed by atoms with E-state index in [4.69, 9.17) is 10.3 Å². The van der Waals surface area contributed by atoms with Crippen LogP contribution < -0.4 is 5.73 Å². The van der Waals surface area contributed by atoms with Crippen molar-refractivity contribution in [2.75, 3.05) is 46.4 Å². The summed E-state index contributed by atoms with van der Waals surface area (Å²) < 4.78 is 4.92. The summed E-state index contributed by atoms with van der Waals surface area (Å²) in [5, 5.41) is 0. The van der Waals surface area contributed by atoms with Crippen LogP contribution in [0, 0.1) is 0 Å². The average Bonchev–Trinajstić information content (AvgIpc) is 2.09. The summed E-state index contributed by atoms with van der Waals surface area (Å²) in [6.45, 7) is 6.12. The van der Waals surface area contributed by atoms with Crippen LogP contribution in [0.15, 0.2) is 0 Å². The van der Waals surface area contributed by atoms with Crippen molar-refractivity contribution in [3.8, 4) is 0 Å². The highest BCUT2D eigenvalue weighted by molar-refractivity contribution is 7.09. The Morgan fingerprint density at radius 2 is 2.00 bits per heavy atom. The second-order valence-corrected chi connectivity index (χ2v) is 4.03. The van der Waals surface area contributed by atoms with E-state index in [9.17, 15) is 0 Å². The van der Waals surface area contributed by atoms with Crippen molar-refractivity contribution in [3.05, 3.63) is 0 Å². The fourth-order valence-corrected chi connectivity index (χ4v) is 1.79. The third kappa shape index (κ3) is 4.34. The number of likely N-dealkylation sites (N-methyl/N-ethyl adjacent to an activating group) is 1. The highest BCUT2D eigenvalue weighted by Crippen LogP contribution is 2.00. The molecule has 13 heavy (non-hydrogen) atoms. The van der Waals surface area contributed by atoms with E-state index in [1.54, 1.807) is 0 Å². The zero-order chi connectivity index (χ0) is 9.68. The molecule has 0 saturated carbocycles. The maximum absolute atomic E-state index is 5.86. The highest BCUT2D eigenvalue weighted by Gasteiger charge is 2.15. The molecule has 0 bridgehead atoms. The third-order valence-electron chi connectivity index (χ3n) is 2.40. The van der Waals surface area contributed by atoms with Crippen LogP contribution in [0.4, 0.5) is 0 Å². The molecular weight excluding hydrogens is 185 g/mol. The summed E-state index contributed by atoms with van der Waals surface area (Å²) in [4.78, 5) is 4.74. The SMILES string of the molecule is CN1CCN(C[C@@H](N)COP)CC1. The van der Waals surface area contributed by atoms with E-state index in [2.05, 4.69) is 26.3 Å². The quantitative estimate of drug-likeness (QED) is 0.620. The van der Waals surface area contributed by atoms with Gasteiger partial charge in [-0.05, 0) is 7.05 Å². The lowest BCUT2D eigenvalue weighted by Gasteiger charge is -2.33. The molecule has 5 heteroatoms. The Bertz CT molecular complexity index is 139. The van der Waals surface area contributed by atoms with Crippen molar-refractivity contribution in [2.45, 2.75) is 6.04 Å². The lowest BCUT2D eigenvalue weighted by molar-refractivity contribution is 0.139. The topological polar surface area (TPSA) is 41.7 Å². The Kier molecular flexibility index (Phi) is 5.14. The van der Waals surface area contributed by atoms with E-state index in [0.29, 0.717) is 6.61 Å². The van der Waals surface area contributed by atoms with Gasteiger partial charge in [-0.2, -0.15) is 0 Å². The lowest BCUT2D eigenvalue weighted by atomic mass is 10.2. The van der Waals surface area contributed by atoms with Gasteiger partial charge in [0.1, 0.15) is 0 Å². The van der Waals surface area contributed by atoms with Gasteiger partial charge in [-0.1, -0.05) is 0 Å². The first-order valence-corrected chi connectivity index (χ1v) is 5.17. The van der Waals surface area contributed by atoms with Crippen LogP contribution in [0.2, 0.25) is 0 Å². The van der Waals surface area contributed by atoms with E-state index in [1.165, 1.54) is 0 Å². The van der Waals surface area contributed by atoms with E-state index < -0.39 is 0 Å². The minimum Gasteiger partial charge on any atom is -0.364 e. The number of rotatable bonds is 4. The summed E-state index contributed by atoms with van der Waals surface area (Å²) in [6.07, 6.45) is 0. The number of piperazine rings is 1. The smallest absolute Gasteiger partial charge is 0.0665 e. The first kappa shape index (κ1) is 11.3. The second kappa shape index (κ2) is 5.89. The third-order valence-corrected chi connectivity index (χ3v) is 2.59. The van der Waals surface area contributed by atoms with Crippen LogP contribution in [-0.2, 0) is 4.52 Å². The maximum Gasteiger partial charge on any atom is 0.0665 e. The van der Waals surface area contributed by atoms with Crippen LogP contribution in [0.3, 0.4) is 0 Å². The molecule has 0 radical (unpaired) electrons. The molecule has 78 valence electrons. The monoisotopic (exact) mass is 205 g/mol. The van der Waals surface area contributed by atoms with Crippen molar-refractivity contribution in [1.29, 1.82) is 0 Å². The Morgan fingerprint density at radius 3 is 2.54 bits per heavy atom. The fourth-order valence-electron chi connectivity index (χ4n) is 1.54. The molecule has 1 aliphatic rings. The van der Waals surface area contributed by atoms with Gasteiger partial charge in [-0.3, -0.25) is 4.90 Å². The molecule has 0 aliphatic carbocycles. The molecule has 0 amide bonds. The molecule has 1 rings (SSSR count). The Hall–Kier alpha value is 0.270. The van der Waals surface area contributed by atoms with Gasteiger partial charge >= 0.3 is 0 Å². The van der Waals surface area contributed by atoms with Gasteiger partial charge in [0.25, 0.3) is 0 Å². The van der Waals surface area contributed by atoms with Gasteiger partial charge in [-0.15, -0.1) is 0 Å². The van der Waals surface area contributed by atoms with Crippen molar-refractivity contribution in [2.24, 2.45) is 5.73 Å². The fraction of sp³-hybridized carbons (Fsp3) is 1.00. The maximum atomic E-state index is 5.86. The van der Waals surface area contributed by atoms with E-state index in [-0.39, 0.29) is 6.04 Å². The molecular formula is C8H20N3OP. The number of nitrogens with zero attached hydrogens (tertiary/aromatic N) is 2. The first-order chi connectivity index (χ1) is 6.22. The molecule has 1 aliphatic heterocycles. The summed E-state index contributed by atoms with van der Waals surface area (Å²) in [7, 11) is 4.40. The molecule has 4 nitrogen and oxygen atoms in total. The van der Waals surface area contributed by atoms with Crippen LogP contribution in [0.5, 0.6) is 0 Å². The summed E-state index contributed by atoms with van der Waals surface area (Å²) in [6, 6.07) is 0.140. The van der Waals surface area contributed by atoms with Gasteiger partial charge in [0, 0.05) is 48.2 Å². The Labute approximate surface area is 82.7 Å². The molecule has 1 fully saturated rings. The zero-order valence-corrected chi connectivity index (χ0v) is 9.43. The highest BCUT2D eigenvalue weighted by atomic mass is 31.0. The van der Waals surface area contributed by atoms with Crippen LogP contribution in [-0.4, -0.2) is 62.2 Å². The average molecular weight is 205 g/mol. The van der Waals surface area contributed by atoms with E-state index >= 15 is 0 Å². The van der Waals surface area contributed by atoms with Crippen LogP contribution in [0.1, 0.15) is 0 Å². The molecule has 1 saturated heterocycles. The standard InChI is InChI=1S/C8H20N3OP/c1-10-2-4-11(5-3-10)6-8(9)7-12-13/h8H,2-7,9,13H2,1H3/t8-/m1/s1. The molecule has 0 spiro atoms. The summed E-state index contributed by atoms with van der Waals surface area (Å²) in [5.74, 6) is 0. The van der Waals surface area contributed by atoms with Gasteiger partial charge in [0.2, 0.25) is 0 Å². The van der Waals surface area contributed by atoms with Gasteiger partial charge in [0.15, 0.2) is 0 Å². The second-order valence-electron chi connectivity index (χ2n) is 3.70. The van der Waals surface area contributed by atoms with Crippen LogP contribution in [0.25, 0.3) is 0 Å². The Morgan fingerprint density at radius 1 is 1.38 bits per heavy atom. The van der Waals surface area contributed by atoms with Crippen molar-refractivity contribution >= 4 is 9.47 Å². The number of hydrogen-bond acceptors (Lipinski definition) is 4. The number of nitrogens with two attached hydrogens (primary N) is 1. The predicted octanol–water partition coefficient (Wildman–Crippen LogP) is -0.632. The first-order valence-electron chi connectivity index (χ1n) is 4.70. The summed E-state index contributed by atoms with van der Waals surface area (Å²) >= 11 is 0. The molecule has 0 aromatic carbocycles. The minimum absolute atomic E-state index is 0.140. The number of hydrogen-bond donors (Lipinski definition) is 1. The predicted molar refractivity (Wildman–Crippen MR) is 57.6 cm³/mol. The Balaban J connectivity index is 2.14. The van der Waals surface area contributed by atoms with Crippen molar-refractivity contribution in [3.63, 3.8) is 0 Å². The van der Waals surface area contributed by atoms with Gasteiger partial charge in [-0.25, -0.2) is 0 Å². The zero-order valence-electron chi connectivity index (χ0n) is 8.28. The minimum atomic E-state index is 0.140. The van der Waals surface area contributed by atoms with Crippen molar-refractivity contribution < 1.29 is 4.52 Å². The molecule has 2 N–H and O–H groups in total. The van der Waals surface area contributed by atoms with E-state index in [0.717, 1.165) is 32.7 Å². The van der Waals surface area contributed by atoms with Gasteiger partial charge in [0.05, 0.1) is 6.61 Å². The molecule has 0 aromatic heterocycles. The van der Waals surface area contributed by atoms with Gasteiger partial charge < -0.3 is 15.2 Å².